The second-order valence-corrected chi connectivity index (χ2v) is 4.19. The standard InChI is InChI=1S/C13H11F3N2O/c1-18-8-17-7-11(18)12(19)6-9-3-2-4-10(5-9)13(14,15)16/h2-5,7-8H,6H2,1H3. The predicted molar refractivity (Wildman–Crippen MR) is 62.7 cm³/mol. The number of alkyl halides is 3. The van der Waals surface area contributed by atoms with Crippen molar-refractivity contribution in [1.29, 1.82) is 0 Å². The van der Waals surface area contributed by atoms with Crippen molar-refractivity contribution in [3.05, 3.63) is 53.6 Å². The average molecular weight is 268 g/mol. The number of imidazole rings is 1. The maximum absolute atomic E-state index is 12.5. The molecule has 0 aliphatic rings. The molecular formula is C13H11F3N2O. The van der Waals surface area contributed by atoms with E-state index in [4.69, 9.17) is 0 Å². The van der Waals surface area contributed by atoms with Crippen molar-refractivity contribution in [2.75, 3.05) is 0 Å². The number of ketones is 1. The lowest BCUT2D eigenvalue weighted by molar-refractivity contribution is -0.137. The number of hydrogen-bond acceptors (Lipinski definition) is 2. The first-order chi connectivity index (χ1) is 8.88. The number of benzene rings is 1. The van der Waals surface area contributed by atoms with Crippen molar-refractivity contribution < 1.29 is 18.0 Å². The third kappa shape index (κ3) is 3.01. The van der Waals surface area contributed by atoms with Gasteiger partial charge in [0.15, 0.2) is 5.78 Å². The summed E-state index contributed by atoms with van der Waals surface area (Å²) >= 11 is 0. The highest BCUT2D eigenvalue weighted by atomic mass is 19.4. The van der Waals surface area contributed by atoms with Gasteiger partial charge < -0.3 is 4.57 Å². The second-order valence-electron chi connectivity index (χ2n) is 4.19. The Balaban J connectivity index is 2.21. The Hall–Kier alpha value is -2.11. The summed E-state index contributed by atoms with van der Waals surface area (Å²) in [5.74, 6) is -0.265. The number of carbonyl (C=O) groups excluding carboxylic acids is 1. The molecule has 2 aromatic rings. The molecule has 0 unspecified atom stereocenters. The van der Waals surface area contributed by atoms with Gasteiger partial charge in [-0.05, 0) is 11.6 Å². The second kappa shape index (κ2) is 4.87. The number of Topliss-reactive ketones (excluding diaryl/α,β-unsaturated/α-hetero) is 1. The Morgan fingerprint density at radius 3 is 2.68 bits per heavy atom. The van der Waals surface area contributed by atoms with Gasteiger partial charge in [0.25, 0.3) is 0 Å². The quantitative estimate of drug-likeness (QED) is 0.802. The zero-order valence-electron chi connectivity index (χ0n) is 10.1. The van der Waals surface area contributed by atoms with E-state index in [0.717, 1.165) is 12.1 Å². The van der Waals surface area contributed by atoms with Gasteiger partial charge in [0.05, 0.1) is 18.1 Å². The van der Waals surface area contributed by atoms with Crippen LogP contribution in [-0.2, 0) is 19.6 Å². The van der Waals surface area contributed by atoms with Crippen LogP contribution >= 0.6 is 0 Å². The summed E-state index contributed by atoms with van der Waals surface area (Å²) in [6.45, 7) is 0. The average Bonchev–Trinajstić information content (AvgIpc) is 2.75. The van der Waals surface area contributed by atoms with Crippen molar-refractivity contribution in [1.82, 2.24) is 9.55 Å². The van der Waals surface area contributed by atoms with Gasteiger partial charge in [-0.2, -0.15) is 13.2 Å². The summed E-state index contributed by atoms with van der Waals surface area (Å²) in [5, 5.41) is 0. The number of carbonyl (C=O) groups is 1. The number of nitrogens with zero attached hydrogens (tertiary/aromatic N) is 2. The fourth-order valence-corrected chi connectivity index (χ4v) is 1.76. The van der Waals surface area contributed by atoms with E-state index >= 15 is 0 Å². The van der Waals surface area contributed by atoms with E-state index in [1.807, 2.05) is 0 Å². The van der Waals surface area contributed by atoms with Gasteiger partial charge in [0.1, 0.15) is 5.69 Å². The van der Waals surface area contributed by atoms with Gasteiger partial charge in [-0.15, -0.1) is 0 Å². The smallest absolute Gasteiger partial charge is 0.331 e. The Labute approximate surface area is 107 Å². The molecule has 0 radical (unpaired) electrons. The van der Waals surface area contributed by atoms with E-state index in [2.05, 4.69) is 4.98 Å². The Morgan fingerprint density at radius 2 is 2.11 bits per heavy atom. The third-order valence-corrected chi connectivity index (χ3v) is 2.72. The summed E-state index contributed by atoms with van der Waals surface area (Å²) in [6.07, 6.45) is -1.61. The van der Waals surface area contributed by atoms with Gasteiger partial charge in [0.2, 0.25) is 0 Å². The Bertz CT molecular complexity index is 602. The molecule has 6 heteroatoms. The molecule has 3 nitrogen and oxygen atoms in total. The highest BCUT2D eigenvalue weighted by molar-refractivity contribution is 5.95. The van der Waals surface area contributed by atoms with Gasteiger partial charge in [-0.25, -0.2) is 4.98 Å². The van der Waals surface area contributed by atoms with Crippen LogP contribution in [0, 0.1) is 0 Å². The number of hydrogen-bond donors (Lipinski definition) is 0. The normalized spacial score (nSPS) is 11.6. The topological polar surface area (TPSA) is 34.9 Å². The van der Waals surface area contributed by atoms with Crippen LogP contribution in [0.3, 0.4) is 0 Å². The molecule has 0 aliphatic carbocycles. The predicted octanol–water partition coefficient (Wildman–Crippen LogP) is 2.86. The van der Waals surface area contributed by atoms with E-state index in [1.54, 1.807) is 7.05 Å². The molecule has 1 aromatic carbocycles. The summed E-state index contributed by atoms with van der Waals surface area (Å²) in [7, 11) is 1.66. The molecule has 1 heterocycles. The Kier molecular flexibility index (Phi) is 3.42. The van der Waals surface area contributed by atoms with Crippen LogP contribution in [0.5, 0.6) is 0 Å². The van der Waals surface area contributed by atoms with Crippen LogP contribution in [0.2, 0.25) is 0 Å². The molecule has 0 saturated heterocycles. The van der Waals surface area contributed by atoms with Crippen LogP contribution in [-0.4, -0.2) is 15.3 Å². The zero-order chi connectivity index (χ0) is 14.0. The maximum Gasteiger partial charge on any atom is 0.416 e. The number of halogens is 3. The maximum atomic E-state index is 12.5. The SMILES string of the molecule is Cn1cncc1C(=O)Cc1cccc(C(F)(F)F)c1. The van der Waals surface area contributed by atoms with E-state index in [0.29, 0.717) is 11.3 Å². The first-order valence-corrected chi connectivity index (χ1v) is 5.53. The summed E-state index contributed by atoms with van der Waals surface area (Å²) in [6, 6.07) is 4.78. The first-order valence-electron chi connectivity index (χ1n) is 5.53. The molecule has 0 atom stereocenters. The lowest BCUT2D eigenvalue weighted by Gasteiger charge is -2.08. The molecule has 0 N–H and O–H groups in total. The lowest BCUT2D eigenvalue weighted by atomic mass is 10.0. The summed E-state index contributed by atoms with van der Waals surface area (Å²) in [4.78, 5) is 15.7. The fourth-order valence-electron chi connectivity index (χ4n) is 1.76. The molecule has 2 rings (SSSR count). The van der Waals surface area contributed by atoms with Crippen molar-refractivity contribution in [2.24, 2.45) is 7.05 Å². The molecular weight excluding hydrogens is 257 g/mol. The van der Waals surface area contributed by atoms with Gasteiger partial charge >= 0.3 is 6.18 Å². The molecule has 0 amide bonds. The highest BCUT2D eigenvalue weighted by Gasteiger charge is 2.30. The molecule has 0 aliphatic heterocycles. The minimum atomic E-state index is -4.40. The molecule has 0 saturated carbocycles. The van der Waals surface area contributed by atoms with E-state index in [1.165, 1.54) is 29.2 Å². The van der Waals surface area contributed by atoms with Gasteiger partial charge in [0, 0.05) is 13.5 Å². The first kappa shape index (κ1) is 13.3. The van der Waals surface area contributed by atoms with Crippen LogP contribution < -0.4 is 0 Å². The number of aryl methyl sites for hydroxylation is 1. The fraction of sp³-hybridized carbons (Fsp3) is 0.231. The molecule has 19 heavy (non-hydrogen) atoms. The van der Waals surface area contributed by atoms with Crippen LogP contribution in [0.1, 0.15) is 21.6 Å². The number of rotatable bonds is 3. The lowest BCUT2D eigenvalue weighted by Crippen LogP contribution is -2.10. The van der Waals surface area contributed by atoms with Crippen molar-refractivity contribution >= 4 is 5.78 Å². The van der Waals surface area contributed by atoms with Crippen molar-refractivity contribution in [3.8, 4) is 0 Å². The zero-order valence-corrected chi connectivity index (χ0v) is 10.1. The highest BCUT2D eigenvalue weighted by Crippen LogP contribution is 2.29. The minimum Gasteiger partial charge on any atom is -0.331 e. The van der Waals surface area contributed by atoms with E-state index in [9.17, 15) is 18.0 Å². The van der Waals surface area contributed by atoms with E-state index in [-0.39, 0.29) is 12.2 Å². The van der Waals surface area contributed by atoms with Crippen molar-refractivity contribution in [2.45, 2.75) is 12.6 Å². The largest absolute Gasteiger partial charge is 0.416 e. The Morgan fingerprint density at radius 1 is 1.37 bits per heavy atom. The van der Waals surface area contributed by atoms with Crippen LogP contribution in [0.25, 0.3) is 0 Å². The van der Waals surface area contributed by atoms with Gasteiger partial charge in [-0.1, -0.05) is 18.2 Å². The molecule has 0 fully saturated rings. The van der Waals surface area contributed by atoms with E-state index < -0.39 is 11.7 Å². The summed E-state index contributed by atoms with van der Waals surface area (Å²) in [5.41, 5.74) is -0.0405. The third-order valence-electron chi connectivity index (χ3n) is 2.72. The summed E-state index contributed by atoms with van der Waals surface area (Å²) < 4.78 is 39.2. The molecule has 100 valence electrons. The van der Waals surface area contributed by atoms with Crippen LogP contribution in [0.15, 0.2) is 36.8 Å². The molecule has 1 aromatic heterocycles. The molecule has 0 bridgehead atoms. The van der Waals surface area contributed by atoms with Crippen LogP contribution in [0.4, 0.5) is 13.2 Å². The van der Waals surface area contributed by atoms with Gasteiger partial charge in [-0.3, -0.25) is 4.79 Å². The minimum absolute atomic E-state index is 0.0799. The number of aromatic nitrogens is 2. The monoisotopic (exact) mass is 268 g/mol. The molecule has 0 spiro atoms. The van der Waals surface area contributed by atoms with Crippen molar-refractivity contribution in [3.63, 3.8) is 0 Å².